The molecule has 0 bridgehead atoms. The molecule has 1 aromatic carbocycles. The molecule has 1 aliphatic carbocycles. The summed E-state index contributed by atoms with van der Waals surface area (Å²) in [5.41, 5.74) is 1.45. The number of nitrogens with zero attached hydrogens (tertiary/aromatic N) is 1. The van der Waals surface area contributed by atoms with Crippen molar-refractivity contribution in [2.45, 2.75) is 37.6 Å². The van der Waals surface area contributed by atoms with E-state index in [1.165, 1.54) is 32.1 Å². The second-order valence-corrected chi connectivity index (χ2v) is 6.23. The van der Waals surface area contributed by atoms with Crippen molar-refractivity contribution >= 4 is 5.69 Å². The smallest absolute Gasteiger partial charge is 0.142 e. The summed E-state index contributed by atoms with van der Waals surface area (Å²) in [6.45, 7) is 3.13. The predicted octanol–water partition coefficient (Wildman–Crippen LogP) is 2.82. The van der Waals surface area contributed by atoms with E-state index in [1.54, 1.807) is 14.2 Å². The number of ether oxygens (including phenoxy) is 2. The molecule has 1 spiro atoms. The van der Waals surface area contributed by atoms with Gasteiger partial charge in [0.1, 0.15) is 11.5 Å². The van der Waals surface area contributed by atoms with Crippen LogP contribution >= 0.6 is 0 Å². The molecule has 2 fully saturated rings. The first-order chi connectivity index (χ1) is 10.3. The van der Waals surface area contributed by atoms with Gasteiger partial charge in [-0.1, -0.05) is 19.3 Å². The molecule has 0 unspecified atom stereocenters. The van der Waals surface area contributed by atoms with Gasteiger partial charge in [0.2, 0.25) is 0 Å². The Bertz CT molecular complexity index is 478. The van der Waals surface area contributed by atoms with Crippen molar-refractivity contribution in [1.29, 1.82) is 0 Å². The molecule has 2 aliphatic rings. The highest BCUT2D eigenvalue weighted by molar-refractivity contribution is 5.62. The van der Waals surface area contributed by atoms with Crippen LogP contribution in [-0.4, -0.2) is 39.4 Å². The van der Waals surface area contributed by atoms with Crippen molar-refractivity contribution in [3.8, 4) is 11.5 Å². The molecule has 116 valence electrons. The van der Waals surface area contributed by atoms with Crippen LogP contribution in [0.25, 0.3) is 0 Å². The van der Waals surface area contributed by atoms with Crippen LogP contribution < -0.4 is 19.7 Å². The number of rotatable bonds is 3. The molecule has 1 aromatic rings. The van der Waals surface area contributed by atoms with Crippen molar-refractivity contribution in [3.63, 3.8) is 0 Å². The maximum atomic E-state index is 5.56. The van der Waals surface area contributed by atoms with Gasteiger partial charge in [-0.05, 0) is 25.0 Å². The van der Waals surface area contributed by atoms with E-state index in [0.717, 1.165) is 36.8 Å². The van der Waals surface area contributed by atoms with Crippen molar-refractivity contribution in [3.05, 3.63) is 18.2 Å². The zero-order chi connectivity index (χ0) is 14.7. The number of piperazine rings is 1. The Morgan fingerprint density at radius 2 is 1.90 bits per heavy atom. The van der Waals surface area contributed by atoms with E-state index < -0.39 is 0 Å². The third-order valence-electron chi connectivity index (χ3n) is 4.91. The molecule has 4 nitrogen and oxygen atoms in total. The molecule has 1 N–H and O–H groups in total. The standard InChI is InChI=1S/C17H26N2O2/c1-20-14-6-7-16(21-2)15(12-14)19-11-10-18-17(13-19)8-4-3-5-9-17/h6-7,12,18H,3-5,8-11,13H2,1-2H3. The minimum Gasteiger partial charge on any atom is -0.497 e. The Hall–Kier alpha value is -1.42. The van der Waals surface area contributed by atoms with Gasteiger partial charge >= 0.3 is 0 Å². The zero-order valence-electron chi connectivity index (χ0n) is 13.2. The predicted molar refractivity (Wildman–Crippen MR) is 85.6 cm³/mol. The van der Waals surface area contributed by atoms with Crippen LogP contribution in [0.4, 0.5) is 5.69 Å². The molecular formula is C17H26N2O2. The first-order valence-electron chi connectivity index (χ1n) is 7.98. The quantitative estimate of drug-likeness (QED) is 0.928. The van der Waals surface area contributed by atoms with Crippen molar-refractivity contribution in [2.24, 2.45) is 0 Å². The molecule has 1 saturated heterocycles. The molecule has 0 amide bonds. The molecule has 0 aromatic heterocycles. The Labute approximate surface area is 127 Å². The Morgan fingerprint density at radius 3 is 2.62 bits per heavy atom. The fraction of sp³-hybridized carbons (Fsp3) is 0.647. The monoisotopic (exact) mass is 290 g/mol. The summed E-state index contributed by atoms with van der Waals surface area (Å²) in [7, 11) is 3.45. The lowest BCUT2D eigenvalue weighted by Gasteiger charge is -2.47. The van der Waals surface area contributed by atoms with Gasteiger partial charge in [0.05, 0.1) is 19.9 Å². The fourth-order valence-electron chi connectivity index (χ4n) is 3.77. The molecule has 1 heterocycles. The minimum atomic E-state index is 0.296. The molecule has 4 heteroatoms. The lowest BCUT2D eigenvalue weighted by molar-refractivity contribution is 0.215. The molecule has 0 atom stereocenters. The van der Waals surface area contributed by atoms with Gasteiger partial charge in [0, 0.05) is 31.2 Å². The SMILES string of the molecule is COc1ccc(OC)c(N2CCNC3(CCCCC3)C2)c1. The summed E-state index contributed by atoms with van der Waals surface area (Å²) >= 11 is 0. The Morgan fingerprint density at radius 1 is 1.10 bits per heavy atom. The molecule has 0 radical (unpaired) electrons. The minimum absolute atomic E-state index is 0.296. The number of hydrogen-bond donors (Lipinski definition) is 1. The second kappa shape index (κ2) is 6.14. The van der Waals surface area contributed by atoms with Gasteiger partial charge in [-0.25, -0.2) is 0 Å². The molecular weight excluding hydrogens is 264 g/mol. The van der Waals surface area contributed by atoms with Crippen molar-refractivity contribution in [1.82, 2.24) is 5.32 Å². The van der Waals surface area contributed by atoms with Crippen molar-refractivity contribution < 1.29 is 9.47 Å². The number of hydrogen-bond acceptors (Lipinski definition) is 4. The maximum absolute atomic E-state index is 5.56. The number of benzene rings is 1. The van der Waals surface area contributed by atoms with Crippen LogP contribution in [0.2, 0.25) is 0 Å². The van der Waals surface area contributed by atoms with Crippen molar-refractivity contribution in [2.75, 3.05) is 38.8 Å². The molecule has 1 aliphatic heterocycles. The number of anilines is 1. The van der Waals surface area contributed by atoms with E-state index in [9.17, 15) is 0 Å². The topological polar surface area (TPSA) is 33.7 Å². The van der Waals surface area contributed by atoms with Crippen LogP contribution in [0.1, 0.15) is 32.1 Å². The van der Waals surface area contributed by atoms with E-state index in [1.807, 2.05) is 12.1 Å². The lowest BCUT2D eigenvalue weighted by Crippen LogP contribution is -2.61. The summed E-state index contributed by atoms with van der Waals surface area (Å²) < 4.78 is 10.9. The summed E-state index contributed by atoms with van der Waals surface area (Å²) in [5, 5.41) is 3.79. The summed E-state index contributed by atoms with van der Waals surface area (Å²) in [6.07, 6.45) is 6.64. The molecule has 3 rings (SSSR count). The first-order valence-corrected chi connectivity index (χ1v) is 7.98. The van der Waals surface area contributed by atoms with Gasteiger partial charge in [-0.2, -0.15) is 0 Å². The fourth-order valence-corrected chi connectivity index (χ4v) is 3.77. The van der Waals surface area contributed by atoms with Crippen LogP contribution in [0.15, 0.2) is 18.2 Å². The second-order valence-electron chi connectivity index (χ2n) is 6.23. The highest BCUT2D eigenvalue weighted by atomic mass is 16.5. The van der Waals surface area contributed by atoms with Gasteiger partial charge in [-0.3, -0.25) is 0 Å². The average molecular weight is 290 g/mol. The van der Waals surface area contributed by atoms with Crippen LogP contribution in [0, 0.1) is 0 Å². The summed E-state index contributed by atoms with van der Waals surface area (Å²) in [4.78, 5) is 2.46. The van der Waals surface area contributed by atoms with E-state index in [-0.39, 0.29) is 0 Å². The summed E-state index contributed by atoms with van der Waals surface area (Å²) in [6, 6.07) is 6.06. The number of nitrogens with one attached hydrogen (secondary N) is 1. The number of methoxy groups -OCH3 is 2. The molecule has 21 heavy (non-hydrogen) atoms. The van der Waals surface area contributed by atoms with Crippen LogP contribution in [0.3, 0.4) is 0 Å². The van der Waals surface area contributed by atoms with Crippen LogP contribution in [0.5, 0.6) is 11.5 Å². The highest BCUT2D eigenvalue weighted by Crippen LogP contribution is 2.37. The van der Waals surface area contributed by atoms with E-state index in [0.29, 0.717) is 5.54 Å². The van der Waals surface area contributed by atoms with E-state index >= 15 is 0 Å². The first kappa shape index (κ1) is 14.5. The third kappa shape index (κ3) is 2.95. The van der Waals surface area contributed by atoms with Gasteiger partial charge in [-0.15, -0.1) is 0 Å². The highest BCUT2D eigenvalue weighted by Gasteiger charge is 2.36. The van der Waals surface area contributed by atoms with Gasteiger partial charge in [0.15, 0.2) is 0 Å². The van der Waals surface area contributed by atoms with E-state index in [4.69, 9.17) is 9.47 Å². The summed E-state index contributed by atoms with van der Waals surface area (Å²) in [5.74, 6) is 1.82. The average Bonchev–Trinajstić information content (AvgIpc) is 2.55. The third-order valence-corrected chi connectivity index (χ3v) is 4.91. The Balaban J connectivity index is 1.85. The normalized spacial score (nSPS) is 21.3. The molecule has 1 saturated carbocycles. The maximum Gasteiger partial charge on any atom is 0.142 e. The largest absolute Gasteiger partial charge is 0.497 e. The van der Waals surface area contributed by atoms with E-state index in [2.05, 4.69) is 16.3 Å². The van der Waals surface area contributed by atoms with Crippen LogP contribution in [-0.2, 0) is 0 Å². The lowest BCUT2D eigenvalue weighted by atomic mass is 9.80. The van der Waals surface area contributed by atoms with Gasteiger partial charge in [0.25, 0.3) is 0 Å². The zero-order valence-corrected chi connectivity index (χ0v) is 13.2. The van der Waals surface area contributed by atoms with Gasteiger partial charge < -0.3 is 19.7 Å². The Kier molecular flexibility index (Phi) is 4.24.